The third kappa shape index (κ3) is 2.72. The summed E-state index contributed by atoms with van der Waals surface area (Å²) in [5.41, 5.74) is 6.52. The number of aryl methyl sites for hydroxylation is 1. The van der Waals surface area contributed by atoms with Gasteiger partial charge in [-0.1, -0.05) is 0 Å². The molecule has 3 nitrogen and oxygen atoms in total. The van der Waals surface area contributed by atoms with Crippen LogP contribution in [0.15, 0.2) is 24.3 Å². The number of thiophene rings is 1. The lowest BCUT2D eigenvalue weighted by Gasteiger charge is -2.15. The molecule has 2 aromatic rings. The molecule has 1 heterocycles. The standard InChI is InChI=1S/C14H16FNO2S/c1-8-4-5-13(19-8)14(16)9-6-11(17-2)12(18-3)7-10(9)15/h4-7,14H,16H2,1-3H3. The second kappa shape index (κ2) is 5.59. The predicted molar refractivity (Wildman–Crippen MR) is 74.6 cm³/mol. The summed E-state index contributed by atoms with van der Waals surface area (Å²) in [5, 5.41) is 0. The Morgan fingerprint density at radius 1 is 1.16 bits per heavy atom. The smallest absolute Gasteiger partial charge is 0.163 e. The van der Waals surface area contributed by atoms with Crippen molar-refractivity contribution in [2.75, 3.05) is 14.2 Å². The number of halogens is 1. The molecule has 1 aromatic carbocycles. The Morgan fingerprint density at radius 3 is 2.32 bits per heavy atom. The van der Waals surface area contributed by atoms with Crippen LogP contribution in [0.3, 0.4) is 0 Å². The Morgan fingerprint density at radius 2 is 1.79 bits per heavy atom. The molecule has 5 heteroatoms. The fourth-order valence-electron chi connectivity index (χ4n) is 1.88. The van der Waals surface area contributed by atoms with E-state index >= 15 is 0 Å². The van der Waals surface area contributed by atoms with Crippen molar-refractivity contribution >= 4 is 11.3 Å². The van der Waals surface area contributed by atoms with E-state index in [0.29, 0.717) is 17.1 Å². The summed E-state index contributed by atoms with van der Waals surface area (Å²) in [4.78, 5) is 2.06. The van der Waals surface area contributed by atoms with Gasteiger partial charge in [0.15, 0.2) is 11.5 Å². The Kier molecular flexibility index (Phi) is 4.07. The molecule has 0 spiro atoms. The summed E-state index contributed by atoms with van der Waals surface area (Å²) in [6, 6.07) is 6.28. The van der Waals surface area contributed by atoms with Gasteiger partial charge < -0.3 is 15.2 Å². The first-order valence-electron chi connectivity index (χ1n) is 5.80. The quantitative estimate of drug-likeness (QED) is 0.935. The van der Waals surface area contributed by atoms with Crippen LogP contribution in [0.2, 0.25) is 0 Å². The van der Waals surface area contributed by atoms with Gasteiger partial charge in [0.2, 0.25) is 0 Å². The molecule has 0 saturated heterocycles. The maximum atomic E-state index is 14.1. The van der Waals surface area contributed by atoms with Gasteiger partial charge in [-0.25, -0.2) is 4.39 Å². The summed E-state index contributed by atoms with van der Waals surface area (Å²) < 4.78 is 24.3. The van der Waals surface area contributed by atoms with E-state index in [0.717, 1.165) is 9.75 Å². The topological polar surface area (TPSA) is 44.5 Å². The van der Waals surface area contributed by atoms with Crippen LogP contribution in [0.4, 0.5) is 4.39 Å². The molecule has 0 bridgehead atoms. The van der Waals surface area contributed by atoms with Crippen molar-refractivity contribution in [1.82, 2.24) is 0 Å². The Hall–Kier alpha value is -1.59. The van der Waals surface area contributed by atoms with E-state index in [1.807, 2.05) is 19.1 Å². The summed E-state index contributed by atoms with van der Waals surface area (Å²) in [7, 11) is 2.99. The highest BCUT2D eigenvalue weighted by Crippen LogP contribution is 2.35. The van der Waals surface area contributed by atoms with Crippen LogP contribution in [0.25, 0.3) is 0 Å². The zero-order chi connectivity index (χ0) is 14.0. The van der Waals surface area contributed by atoms with Gasteiger partial charge >= 0.3 is 0 Å². The van der Waals surface area contributed by atoms with Crippen molar-refractivity contribution < 1.29 is 13.9 Å². The van der Waals surface area contributed by atoms with Crippen molar-refractivity contribution in [3.05, 3.63) is 45.4 Å². The van der Waals surface area contributed by atoms with Crippen LogP contribution in [0.5, 0.6) is 11.5 Å². The molecule has 1 atom stereocenters. The van der Waals surface area contributed by atoms with Crippen LogP contribution in [0.1, 0.15) is 21.4 Å². The summed E-state index contributed by atoms with van der Waals surface area (Å²) in [6.45, 7) is 1.99. The number of ether oxygens (including phenoxy) is 2. The fourth-order valence-corrected chi connectivity index (χ4v) is 2.78. The summed E-state index contributed by atoms with van der Waals surface area (Å²) >= 11 is 1.56. The van der Waals surface area contributed by atoms with Crippen LogP contribution in [0, 0.1) is 12.7 Å². The predicted octanol–water partition coefficient (Wildman–Crippen LogP) is 3.26. The van der Waals surface area contributed by atoms with Crippen LogP contribution in [-0.4, -0.2) is 14.2 Å². The molecule has 2 rings (SSSR count). The van der Waals surface area contributed by atoms with Gasteiger partial charge in [0.1, 0.15) is 5.82 Å². The van der Waals surface area contributed by atoms with E-state index in [2.05, 4.69) is 0 Å². The number of hydrogen-bond donors (Lipinski definition) is 1. The van der Waals surface area contributed by atoms with Gasteiger partial charge in [0.05, 0.1) is 20.3 Å². The molecular weight excluding hydrogens is 265 g/mol. The van der Waals surface area contributed by atoms with Gasteiger partial charge in [0.25, 0.3) is 0 Å². The second-order valence-electron chi connectivity index (χ2n) is 4.15. The van der Waals surface area contributed by atoms with Crippen molar-refractivity contribution in [3.63, 3.8) is 0 Å². The number of hydrogen-bond acceptors (Lipinski definition) is 4. The molecule has 0 amide bonds. The molecule has 19 heavy (non-hydrogen) atoms. The normalized spacial score (nSPS) is 12.3. The lowest BCUT2D eigenvalue weighted by atomic mass is 10.0. The highest BCUT2D eigenvalue weighted by Gasteiger charge is 2.19. The minimum atomic E-state index is -0.501. The number of benzene rings is 1. The Bertz CT molecular complexity index is 583. The van der Waals surface area contributed by atoms with E-state index in [9.17, 15) is 4.39 Å². The minimum Gasteiger partial charge on any atom is -0.493 e. The molecule has 0 aliphatic rings. The van der Waals surface area contributed by atoms with E-state index in [1.165, 1.54) is 20.3 Å². The average Bonchev–Trinajstić information content (AvgIpc) is 2.84. The zero-order valence-corrected chi connectivity index (χ0v) is 11.9. The molecule has 0 aliphatic heterocycles. The first kappa shape index (κ1) is 13.8. The minimum absolute atomic E-state index is 0.360. The van der Waals surface area contributed by atoms with Gasteiger partial charge in [0, 0.05) is 21.4 Å². The van der Waals surface area contributed by atoms with Gasteiger partial charge in [-0.15, -0.1) is 11.3 Å². The maximum Gasteiger partial charge on any atom is 0.163 e. The summed E-state index contributed by atoms with van der Waals surface area (Å²) in [6.07, 6.45) is 0. The van der Waals surface area contributed by atoms with Crippen molar-refractivity contribution in [1.29, 1.82) is 0 Å². The molecule has 0 radical (unpaired) electrons. The van der Waals surface area contributed by atoms with E-state index < -0.39 is 11.9 Å². The van der Waals surface area contributed by atoms with Gasteiger partial charge in [-0.2, -0.15) is 0 Å². The molecule has 2 N–H and O–H groups in total. The van der Waals surface area contributed by atoms with Crippen molar-refractivity contribution in [3.8, 4) is 11.5 Å². The lowest BCUT2D eigenvalue weighted by Crippen LogP contribution is -2.12. The molecule has 1 unspecified atom stereocenters. The third-order valence-electron chi connectivity index (χ3n) is 2.91. The highest BCUT2D eigenvalue weighted by atomic mass is 32.1. The first-order valence-corrected chi connectivity index (χ1v) is 6.61. The Balaban J connectivity index is 2.44. The molecule has 0 fully saturated rings. The maximum absolute atomic E-state index is 14.1. The van der Waals surface area contributed by atoms with Crippen LogP contribution >= 0.6 is 11.3 Å². The number of nitrogens with two attached hydrogens (primary N) is 1. The molecular formula is C14H16FNO2S. The third-order valence-corrected chi connectivity index (χ3v) is 3.99. The van der Waals surface area contributed by atoms with Crippen LogP contribution in [-0.2, 0) is 0 Å². The second-order valence-corrected chi connectivity index (χ2v) is 5.47. The molecule has 102 valence electrons. The van der Waals surface area contributed by atoms with Crippen molar-refractivity contribution in [2.45, 2.75) is 13.0 Å². The SMILES string of the molecule is COc1cc(F)c(C(N)c2ccc(C)s2)cc1OC. The zero-order valence-electron chi connectivity index (χ0n) is 11.1. The van der Waals surface area contributed by atoms with E-state index in [-0.39, 0.29) is 0 Å². The number of rotatable bonds is 4. The fraction of sp³-hybridized carbons (Fsp3) is 0.286. The average molecular weight is 281 g/mol. The number of methoxy groups -OCH3 is 2. The molecule has 0 aliphatic carbocycles. The summed E-state index contributed by atoms with van der Waals surface area (Å²) in [5.74, 6) is 0.442. The highest BCUT2D eigenvalue weighted by molar-refractivity contribution is 7.12. The van der Waals surface area contributed by atoms with Crippen LogP contribution < -0.4 is 15.2 Å². The van der Waals surface area contributed by atoms with Gasteiger partial charge in [-0.05, 0) is 25.1 Å². The lowest BCUT2D eigenvalue weighted by molar-refractivity contribution is 0.351. The van der Waals surface area contributed by atoms with E-state index in [1.54, 1.807) is 17.4 Å². The van der Waals surface area contributed by atoms with Gasteiger partial charge in [-0.3, -0.25) is 0 Å². The molecule has 0 saturated carbocycles. The van der Waals surface area contributed by atoms with E-state index in [4.69, 9.17) is 15.2 Å². The largest absolute Gasteiger partial charge is 0.493 e. The first-order chi connectivity index (χ1) is 9.06. The van der Waals surface area contributed by atoms with Crippen molar-refractivity contribution in [2.24, 2.45) is 5.73 Å². The monoisotopic (exact) mass is 281 g/mol. The Labute approximate surface area is 115 Å². The molecule has 1 aromatic heterocycles.